The molecule has 4 rings (SSSR count). The molecule has 153 valence electrons. The van der Waals surface area contributed by atoms with E-state index in [4.69, 9.17) is 20.3 Å². The quantitative estimate of drug-likeness (QED) is 0.441. The van der Waals surface area contributed by atoms with Gasteiger partial charge in [-0.15, -0.1) is 0 Å². The molecular weight excluding hydrogens is 407 g/mol. The van der Waals surface area contributed by atoms with Gasteiger partial charge in [0.05, 0.1) is 23.5 Å². The second-order valence-electron chi connectivity index (χ2n) is 6.84. The zero-order valence-corrected chi connectivity index (χ0v) is 19.3. The number of aliphatic carboxylic acids is 1. The van der Waals surface area contributed by atoms with Gasteiger partial charge in [0, 0.05) is 59.2 Å². The smallest absolute Gasteiger partial charge is 0.341 e. The van der Waals surface area contributed by atoms with Crippen LogP contribution in [0.2, 0.25) is 0 Å². The van der Waals surface area contributed by atoms with Gasteiger partial charge in [0.15, 0.2) is 6.61 Å². The molecule has 3 aromatic carbocycles. The van der Waals surface area contributed by atoms with E-state index < -0.39 is 18.5 Å². The van der Waals surface area contributed by atoms with Crippen LogP contribution < -0.4 is 15.2 Å². The van der Waals surface area contributed by atoms with Crippen LogP contribution in [-0.4, -0.2) is 64.8 Å². The minimum atomic E-state index is -1.10. The standard InChI is InChI=1S/C23H20N2O5.Na/c1-29-15-10-18-22(19(11-15)30-13-20(26)27)21-16(23(24)28)8-5-9-17(21)25(18)12-14-6-3-2-4-7-14;/h2-11H,12-13H2,1H3,(H2,24,28)(H,26,27);. The van der Waals surface area contributed by atoms with Gasteiger partial charge in [0.1, 0.15) is 11.5 Å². The number of amides is 1. The van der Waals surface area contributed by atoms with E-state index in [-0.39, 0.29) is 29.6 Å². The van der Waals surface area contributed by atoms with Crippen LogP contribution in [0.3, 0.4) is 0 Å². The summed E-state index contributed by atoms with van der Waals surface area (Å²) in [6, 6.07) is 18.7. The fourth-order valence-corrected chi connectivity index (χ4v) is 3.71. The van der Waals surface area contributed by atoms with Crippen LogP contribution in [0.1, 0.15) is 15.9 Å². The summed E-state index contributed by atoms with van der Waals surface area (Å²) in [4.78, 5) is 23.3. The Labute approximate surface area is 200 Å². The fraction of sp³-hybridized carbons (Fsp3) is 0.130. The molecule has 31 heavy (non-hydrogen) atoms. The molecule has 7 nitrogen and oxygen atoms in total. The number of hydrogen-bond acceptors (Lipinski definition) is 4. The molecule has 0 unspecified atom stereocenters. The predicted octanol–water partition coefficient (Wildman–Crippen LogP) is 3.03. The summed E-state index contributed by atoms with van der Waals surface area (Å²) in [6.45, 7) is 0.0148. The third-order valence-electron chi connectivity index (χ3n) is 4.96. The van der Waals surface area contributed by atoms with Crippen molar-refractivity contribution in [1.29, 1.82) is 0 Å². The van der Waals surface area contributed by atoms with Crippen LogP contribution in [0, 0.1) is 0 Å². The van der Waals surface area contributed by atoms with Gasteiger partial charge in [0.25, 0.3) is 0 Å². The van der Waals surface area contributed by atoms with Crippen molar-refractivity contribution in [2.45, 2.75) is 6.54 Å². The molecule has 8 heteroatoms. The number of nitrogens with zero attached hydrogens (tertiary/aromatic N) is 1. The number of aromatic nitrogens is 1. The Kier molecular flexibility index (Phi) is 6.90. The topological polar surface area (TPSA) is 104 Å². The van der Waals surface area contributed by atoms with E-state index in [0.717, 1.165) is 16.6 Å². The molecule has 1 aromatic heterocycles. The zero-order valence-electron chi connectivity index (χ0n) is 17.3. The summed E-state index contributed by atoms with van der Waals surface area (Å²) in [5, 5.41) is 10.3. The van der Waals surface area contributed by atoms with Gasteiger partial charge in [-0.25, -0.2) is 4.79 Å². The molecule has 4 aromatic rings. The maximum atomic E-state index is 12.2. The SMILES string of the molecule is COc1cc(OCC(=O)O)c2c3c(C(N)=O)cccc3n(Cc3ccccc3)c2c1.[Na]. The Morgan fingerprint density at radius 1 is 1.00 bits per heavy atom. The van der Waals surface area contributed by atoms with E-state index in [1.165, 1.54) is 7.11 Å². The number of carbonyl (C=O) groups excluding carboxylic acids is 1. The molecule has 0 saturated carbocycles. The Morgan fingerprint density at radius 2 is 1.74 bits per heavy atom. The fourth-order valence-electron chi connectivity index (χ4n) is 3.71. The van der Waals surface area contributed by atoms with Crippen molar-refractivity contribution in [3.05, 3.63) is 71.8 Å². The number of primary amides is 1. The van der Waals surface area contributed by atoms with Crippen LogP contribution >= 0.6 is 0 Å². The number of carboxylic acids is 1. The minimum Gasteiger partial charge on any atom is -0.497 e. The van der Waals surface area contributed by atoms with Crippen molar-refractivity contribution in [3.63, 3.8) is 0 Å². The number of ether oxygens (including phenoxy) is 2. The Morgan fingerprint density at radius 3 is 2.39 bits per heavy atom. The number of benzene rings is 3. The van der Waals surface area contributed by atoms with Crippen LogP contribution in [-0.2, 0) is 11.3 Å². The van der Waals surface area contributed by atoms with Crippen LogP contribution in [0.4, 0.5) is 0 Å². The first-order valence-corrected chi connectivity index (χ1v) is 9.31. The molecule has 0 fully saturated rings. The Balaban J connectivity index is 0.00000272. The number of fused-ring (bicyclic) bond motifs is 3. The molecular formula is C23H20N2NaO5. The summed E-state index contributed by atoms with van der Waals surface area (Å²) in [7, 11) is 1.53. The minimum absolute atomic E-state index is 0. The van der Waals surface area contributed by atoms with Gasteiger partial charge in [-0.2, -0.15) is 0 Å². The summed E-state index contributed by atoms with van der Waals surface area (Å²) in [5.41, 5.74) is 8.60. The summed E-state index contributed by atoms with van der Waals surface area (Å²) in [5.74, 6) is -0.841. The molecule has 1 radical (unpaired) electrons. The molecule has 1 heterocycles. The van der Waals surface area contributed by atoms with Gasteiger partial charge in [-0.1, -0.05) is 36.4 Å². The summed E-state index contributed by atoms with van der Waals surface area (Å²) in [6.07, 6.45) is 0. The number of nitrogens with two attached hydrogens (primary N) is 1. The van der Waals surface area contributed by atoms with Crippen molar-refractivity contribution in [3.8, 4) is 11.5 Å². The largest absolute Gasteiger partial charge is 0.497 e. The van der Waals surface area contributed by atoms with Crippen molar-refractivity contribution in [2.75, 3.05) is 13.7 Å². The average Bonchev–Trinajstić information content (AvgIpc) is 3.06. The van der Waals surface area contributed by atoms with Gasteiger partial charge < -0.3 is 24.9 Å². The number of rotatable bonds is 7. The van der Waals surface area contributed by atoms with Crippen molar-refractivity contribution in [2.24, 2.45) is 5.73 Å². The summed E-state index contributed by atoms with van der Waals surface area (Å²) < 4.78 is 13.0. The molecule has 0 bridgehead atoms. The van der Waals surface area contributed by atoms with Crippen LogP contribution in [0.15, 0.2) is 60.7 Å². The van der Waals surface area contributed by atoms with E-state index in [0.29, 0.717) is 34.4 Å². The molecule has 1 amide bonds. The maximum Gasteiger partial charge on any atom is 0.341 e. The van der Waals surface area contributed by atoms with Crippen molar-refractivity contribution < 1.29 is 24.2 Å². The Bertz CT molecular complexity index is 1270. The third kappa shape index (κ3) is 4.39. The number of carbonyl (C=O) groups is 2. The third-order valence-corrected chi connectivity index (χ3v) is 4.96. The first kappa shape index (κ1) is 22.7. The first-order valence-electron chi connectivity index (χ1n) is 9.31. The Hall–Kier alpha value is -3.00. The molecule has 0 aliphatic heterocycles. The van der Waals surface area contributed by atoms with E-state index in [1.54, 1.807) is 18.2 Å². The van der Waals surface area contributed by atoms with E-state index in [2.05, 4.69) is 0 Å². The molecule has 0 aliphatic rings. The van der Waals surface area contributed by atoms with E-state index in [1.807, 2.05) is 47.0 Å². The average molecular weight is 427 g/mol. The molecule has 0 aliphatic carbocycles. The first-order chi connectivity index (χ1) is 14.5. The van der Waals surface area contributed by atoms with Gasteiger partial charge in [-0.3, -0.25) is 4.79 Å². The van der Waals surface area contributed by atoms with E-state index >= 15 is 0 Å². The normalized spacial score (nSPS) is 10.6. The molecule has 0 saturated heterocycles. The van der Waals surface area contributed by atoms with Gasteiger partial charge in [-0.05, 0) is 17.7 Å². The van der Waals surface area contributed by atoms with Crippen LogP contribution in [0.25, 0.3) is 21.8 Å². The second kappa shape index (κ2) is 9.43. The van der Waals surface area contributed by atoms with Crippen molar-refractivity contribution >= 4 is 63.2 Å². The predicted molar refractivity (Wildman–Crippen MR) is 119 cm³/mol. The zero-order chi connectivity index (χ0) is 21.3. The molecule has 3 N–H and O–H groups in total. The van der Waals surface area contributed by atoms with Gasteiger partial charge >= 0.3 is 5.97 Å². The van der Waals surface area contributed by atoms with Crippen LogP contribution in [0.5, 0.6) is 11.5 Å². The number of methoxy groups -OCH3 is 1. The summed E-state index contributed by atoms with van der Waals surface area (Å²) >= 11 is 0. The second-order valence-corrected chi connectivity index (χ2v) is 6.84. The maximum absolute atomic E-state index is 12.2. The van der Waals surface area contributed by atoms with Gasteiger partial charge in [0.2, 0.25) is 5.91 Å². The monoisotopic (exact) mass is 427 g/mol. The number of hydrogen-bond donors (Lipinski definition) is 2. The molecule has 0 atom stereocenters. The molecule has 0 spiro atoms. The number of carboxylic acid groups (broad SMARTS) is 1. The van der Waals surface area contributed by atoms with Crippen molar-refractivity contribution in [1.82, 2.24) is 4.57 Å². The van der Waals surface area contributed by atoms with E-state index in [9.17, 15) is 9.59 Å².